The normalized spacial score (nSPS) is 10.1. The van der Waals surface area contributed by atoms with Gasteiger partial charge in [0.1, 0.15) is 0 Å². The van der Waals surface area contributed by atoms with Crippen LogP contribution in [0.15, 0.2) is 387 Å². The molecule has 0 atom stereocenters. The predicted octanol–water partition coefficient (Wildman–Crippen LogP) is 25.8. The molecule has 0 amide bonds. The van der Waals surface area contributed by atoms with E-state index in [2.05, 4.69) is 162 Å². The van der Waals surface area contributed by atoms with Crippen LogP contribution in [-0.4, -0.2) is 67.6 Å². The Bertz CT molecular complexity index is 6030. The molecular formula is C104H82Ir6N7O6S2-7. The van der Waals surface area contributed by atoms with Crippen molar-refractivity contribution in [3.05, 3.63) is 430 Å². The number of thiophene rings is 1. The van der Waals surface area contributed by atoms with Crippen molar-refractivity contribution < 1.29 is 150 Å². The maximum absolute atomic E-state index is 10.0. The molecule has 8 aromatic heterocycles. The summed E-state index contributed by atoms with van der Waals surface area (Å²) in [6.07, 6.45) is 12.6. The number of ketones is 3. The van der Waals surface area contributed by atoms with E-state index in [-0.39, 0.29) is 155 Å². The number of thiazole rings is 1. The first-order valence-corrected chi connectivity index (χ1v) is 39.4. The van der Waals surface area contributed by atoms with Gasteiger partial charge >= 0.3 is 0 Å². The van der Waals surface area contributed by atoms with Crippen LogP contribution in [0.3, 0.4) is 0 Å². The van der Waals surface area contributed by atoms with E-state index in [4.69, 9.17) is 15.3 Å². The molecule has 0 fully saturated rings. The number of rotatable bonds is 8. The minimum absolute atomic E-state index is 0. The van der Waals surface area contributed by atoms with E-state index in [9.17, 15) is 14.4 Å². The van der Waals surface area contributed by atoms with Gasteiger partial charge in [0, 0.05) is 180 Å². The van der Waals surface area contributed by atoms with Gasteiger partial charge in [-0.2, -0.15) is 23.5 Å². The summed E-state index contributed by atoms with van der Waals surface area (Å²) in [7, 11) is 0. The van der Waals surface area contributed by atoms with Crippen molar-refractivity contribution >= 4 is 115 Å². The Morgan fingerprint density at radius 3 is 1.14 bits per heavy atom. The summed E-state index contributed by atoms with van der Waals surface area (Å²) in [5.74, 6) is -0.187. The van der Waals surface area contributed by atoms with E-state index in [0.29, 0.717) is 0 Å². The Labute approximate surface area is 818 Å². The van der Waals surface area contributed by atoms with Gasteiger partial charge in [-0.25, -0.2) is 11.3 Å². The van der Waals surface area contributed by atoms with E-state index in [0.717, 1.165) is 87.8 Å². The van der Waals surface area contributed by atoms with Crippen molar-refractivity contribution in [2.45, 2.75) is 41.5 Å². The monoisotopic (exact) mass is 2750 g/mol. The predicted molar refractivity (Wildman–Crippen MR) is 488 cm³/mol. The number of aliphatic hydroxyl groups excluding tert-OH is 3. The number of para-hydroxylation sites is 2. The third-order valence-electron chi connectivity index (χ3n) is 16.5. The molecule has 0 aliphatic heterocycles. The molecule has 11 aromatic carbocycles. The van der Waals surface area contributed by atoms with E-state index in [1.165, 1.54) is 102 Å². The summed E-state index contributed by atoms with van der Waals surface area (Å²) in [6.45, 7) is 8.54. The number of nitrogens with zero attached hydrogens (tertiary/aromatic N) is 7. The van der Waals surface area contributed by atoms with Gasteiger partial charge in [0.15, 0.2) is 17.3 Å². The first kappa shape index (κ1) is 106. The average molecular weight is 2740 g/mol. The average Bonchev–Trinajstić information content (AvgIpc) is 1.63. The molecule has 0 unspecified atom stereocenters. The van der Waals surface area contributed by atoms with Gasteiger partial charge in [-0.15, -0.1) is 219 Å². The summed E-state index contributed by atoms with van der Waals surface area (Å²) in [5, 5.41) is 38.6. The number of carbonyl (C=O) groups is 3. The van der Waals surface area contributed by atoms with Crippen molar-refractivity contribution in [2.24, 2.45) is 0 Å². The molecule has 0 saturated carbocycles. The number of hydrogen-bond acceptors (Lipinski definition) is 15. The van der Waals surface area contributed by atoms with Crippen LogP contribution in [-0.2, 0) is 135 Å². The molecule has 0 spiro atoms. The van der Waals surface area contributed by atoms with Crippen molar-refractivity contribution in [3.63, 3.8) is 0 Å². The second-order valence-electron chi connectivity index (χ2n) is 26.0. The van der Waals surface area contributed by atoms with Crippen molar-refractivity contribution in [1.29, 1.82) is 0 Å². The molecule has 19 rings (SSSR count). The van der Waals surface area contributed by atoms with Crippen LogP contribution >= 0.6 is 22.7 Å². The summed E-state index contributed by atoms with van der Waals surface area (Å²) in [5.41, 5.74) is 12.3. The quantitative estimate of drug-likeness (QED) is 0.0562. The Morgan fingerprint density at radius 2 is 0.696 bits per heavy atom. The third kappa shape index (κ3) is 35.9. The summed E-state index contributed by atoms with van der Waals surface area (Å²) in [6, 6.07) is 127. The second kappa shape index (κ2) is 58.2. The van der Waals surface area contributed by atoms with Crippen molar-refractivity contribution in [3.8, 4) is 54.9 Å². The van der Waals surface area contributed by atoms with E-state index in [1.54, 1.807) is 35.1 Å². The fraction of sp³-hybridized carbons (Fsp3) is 0.0577. The van der Waals surface area contributed by atoms with Gasteiger partial charge in [-0.1, -0.05) is 138 Å². The molecular weight excluding hydrogens is 2660 g/mol. The van der Waals surface area contributed by atoms with Crippen LogP contribution in [0.5, 0.6) is 0 Å². The van der Waals surface area contributed by atoms with Crippen LogP contribution in [0, 0.1) is 42.5 Å². The van der Waals surface area contributed by atoms with Gasteiger partial charge in [-0.05, 0) is 145 Å². The first-order chi connectivity index (χ1) is 58.0. The first-order valence-electron chi connectivity index (χ1n) is 37.7. The molecule has 0 saturated heterocycles. The molecule has 0 aliphatic rings. The maximum Gasteiger partial charge on any atom is 0.155 e. The molecule has 6 radical (unpaired) electrons. The fourth-order valence-electron chi connectivity index (χ4n) is 11.4. The SMILES string of the molecule is CC(=O)C=C(C)O.CC(=O)C=C(C)O.CC(=O)C=C(C)O.[Ir].[Ir].[Ir].[Ir].[Ir].[Ir].[c-]1cccc2ccc3cccnc3c12.[c-]1cccc2ccc3cccnc3c12.[c-]1ccccc1-c1cc2ccccc2cn1.[c-]1ccccc1-c1ccc2ccccc2n1.[c-]1ccccc1-c1ccccn1.[c-]1ccccc1-c1nc2ccccc2s1.[c-]1ccsc1-c1ccccn1. The zero-order chi connectivity index (χ0) is 83.8. The molecule has 8 heterocycles. The topological polar surface area (TPSA) is 202 Å². The summed E-state index contributed by atoms with van der Waals surface area (Å²) >= 11 is 3.37. The third-order valence-corrected chi connectivity index (χ3v) is 18.4. The Kier molecular flexibility index (Phi) is 49.5. The number of aliphatic hydroxyl groups is 3. The standard InChI is InChI=1S/2C15H10N.C13H8NS.2C13H8N.C11H8N.C9H6NS.3C5H8O2.6Ir/c1-2-6-12(7-3-1)15-10-13-8-4-5-9-14(13)11-16-15;1-2-6-12(7-3-1)15-11-10-13-8-4-5-9-14(13)16-15;1-2-6-10(7-3-1)13-14-11-8-4-5-9-12(11)15-13;2*1-2-6-12-10(4-1)7-8-11-5-3-9-14-13(11)12;1-2-6-10(7-3-1)11-8-4-5-9-12-11;1-2-6-10-8(4-1)9-5-3-7-11-9;3*1-4(6)3-5(2)7;;;;;;/h2*1-6,8-11H;1-6,8-9H;2*1-5,7-9H;1-6,8-9H;1-4,6-7H;3*3,6H,1-2H3;;;;;;/q7*-1;;;;;;;;;. The number of carbonyl (C=O) groups excluding carboxylic acids is 3. The van der Waals surface area contributed by atoms with Gasteiger partial charge < -0.3 is 40.2 Å². The number of allylic oxidation sites excluding steroid dienone is 6. The molecule has 19 aromatic rings. The molecule has 21 heteroatoms. The van der Waals surface area contributed by atoms with Crippen molar-refractivity contribution in [2.75, 3.05) is 0 Å². The van der Waals surface area contributed by atoms with E-state index < -0.39 is 0 Å². The Hall–Kier alpha value is -11.0. The molecule has 642 valence electrons. The number of pyridine rings is 6. The van der Waals surface area contributed by atoms with Crippen LogP contribution in [0.2, 0.25) is 0 Å². The van der Waals surface area contributed by atoms with E-state index in [1.807, 2.05) is 254 Å². The maximum atomic E-state index is 10.0. The number of hydrogen-bond donors (Lipinski definition) is 3. The van der Waals surface area contributed by atoms with Crippen LogP contribution in [0.4, 0.5) is 0 Å². The Balaban J connectivity index is 0.000000293. The molecule has 13 nitrogen and oxygen atoms in total. The molecule has 3 N–H and O–H groups in total. The minimum atomic E-state index is -0.125. The number of benzene rings is 11. The summed E-state index contributed by atoms with van der Waals surface area (Å²) < 4.78 is 1.23. The van der Waals surface area contributed by atoms with Gasteiger partial charge in [0.2, 0.25) is 0 Å². The number of fused-ring (bicyclic) bond motifs is 9. The molecule has 0 bridgehead atoms. The van der Waals surface area contributed by atoms with Gasteiger partial charge in [0.25, 0.3) is 0 Å². The minimum Gasteiger partial charge on any atom is -0.512 e. The Morgan fingerprint density at radius 1 is 0.304 bits per heavy atom. The van der Waals surface area contributed by atoms with Crippen LogP contribution in [0.25, 0.3) is 130 Å². The zero-order valence-corrected chi connectivity index (χ0v) is 84.2. The number of aromatic nitrogens is 7. The van der Waals surface area contributed by atoms with Gasteiger partial charge in [0.05, 0.1) is 28.3 Å². The molecule has 0 aliphatic carbocycles. The van der Waals surface area contributed by atoms with E-state index >= 15 is 0 Å². The fourth-order valence-corrected chi connectivity index (χ4v) is 13.0. The molecule has 125 heavy (non-hydrogen) atoms. The van der Waals surface area contributed by atoms with Crippen LogP contribution < -0.4 is 0 Å². The van der Waals surface area contributed by atoms with Crippen molar-refractivity contribution in [1.82, 2.24) is 34.9 Å². The summed E-state index contributed by atoms with van der Waals surface area (Å²) in [4.78, 5) is 62.0. The zero-order valence-electron chi connectivity index (χ0n) is 68.2. The largest absolute Gasteiger partial charge is 0.512 e. The van der Waals surface area contributed by atoms with Gasteiger partial charge in [-0.3, -0.25) is 24.4 Å². The smallest absolute Gasteiger partial charge is 0.155 e. The second-order valence-corrected chi connectivity index (χ2v) is 27.9. The van der Waals surface area contributed by atoms with Crippen LogP contribution in [0.1, 0.15) is 41.5 Å².